The zero-order chi connectivity index (χ0) is 15.5. The molecule has 6 heteroatoms. The second-order valence-electron chi connectivity index (χ2n) is 6.70. The number of ether oxygens (including phenoxy) is 1. The van der Waals surface area contributed by atoms with E-state index in [-0.39, 0.29) is 12.2 Å². The first-order valence-electron chi connectivity index (χ1n) is 7.07. The number of hydrogen-bond donors (Lipinski definition) is 0. The summed E-state index contributed by atoms with van der Waals surface area (Å²) >= 11 is 0. The molecular weight excluding hydrogens is 277 g/mol. The van der Waals surface area contributed by atoms with Crippen LogP contribution in [0.4, 0.5) is 8.78 Å². The van der Waals surface area contributed by atoms with Crippen LogP contribution in [0.5, 0.6) is 0 Å². The van der Waals surface area contributed by atoms with Gasteiger partial charge in [-0.25, -0.2) is 0 Å². The smallest absolute Gasteiger partial charge is 0.399 e. The minimum Gasteiger partial charge on any atom is -0.399 e. The van der Waals surface area contributed by atoms with Crippen LogP contribution in [0.15, 0.2) is 18.2 Å². The molecule has 0 saturated carbocycles. The van der Waals surface area contributed by atoms with Gasteiger partial charge in [-0.3, -0.25) is 0 Å². The second-order valence-corrected chi connectivity index (χ2v) is 6.70. The molecule has 1 aromatic carbocycles. The molecule has 0 atom stereocenters. The Morgan fingerprint density at radius 1 is 1.05 bits per heavy atom. The van der Waals surface area contributed by atoms with Crippen molar-refractivity contribution >= 4 is 12.6 Å². The molecule has 0 bridgehead atoms. The van der Waals surface area contributed by atoms with Crippen molar-refractivity contribution in [3.05, 3.63) is 29.3 Å². The SMILES string of the molecule is CC1(C)OB(c2ccc3c(c2)COCC3(F)F)OC1(C)C. The van der Waals surface area contributed by atoms with Crippen LogP contribution in [0, 0.1) is 0 Å². The third kappa shape index (κ3) is 2.39. The maximum atomic E-state index is 13.8. The van der Waals surface area contributed by atoms with Crippen molar-refractivity contribution in [2.75, 3.05) is 6.61 Å². The van der Waals surface area contributed by atoms with E-state index >= 15 is 0 Å². The molecule has 0 amide bonds. The van der Waals surface area contributed by atoms with Crippen LogP contribution in [0.1, 0.15) is 38.8 Å². The third-order valence-corrected chi connectivity index (χ3v) is 4.59. The van der Waals surface area contributed by atoms with Crippen molar-refractivity contribution in [2.45, 2.75) is 51.4 Å². The van der Waals surface area contributed by atoms with Crippen LogP contribution >= 0.6 is 0 Å². The summed E-state index contributed by atoms with van der Waals surface area (Å²) in [6, 6.07) is 4.81. The molecule has 1 saturated heterocycles. The topological polar surface area (TPSA) is 27.7 Å². The van der Waals surface area contributed by atoms with E-state index in [9.17, 15) is 8.78 Å². The Hall–Kier alpha value is -0.975. The van der Waals surface area contributed by atoms with Crippen molar-refractivity contribution in [1.29, 1.82) is 0 Å². The van der Waals surface area contributed by atoms with Crippen molar-refractivity contribution in [3.63, 3.8) is 0 Å². The highest BCUT2D eigenvalue weighted by Crippen LogP contribution is 2.38. The van der Waals surface area contributed by atoms with Gasteiger partial charge in [-0.05, 0) is 38.7 Å². The van der Waals surface area contributed by atoms with E-state index in [0.29, 0.717) is 5.56 Å². The first kappa shape index (κ1) is 14.9. The average molecular weight is 296 g/mol. The molecule has 2 aliphatic rings. The highest BCUT2D eigenvalue weighted by Gasteiger charge is 2.52. The Morgan fingerprint density at radius 2 is 1.67 bits per heavy atom. The molecule has 21 heavy (non-hydrogen) atoms. The summed E-state index contributed by atoms with van der Waals surface area (Å²) in [5, 5.41) is 0. The maximum Gasteiger partial charge on any atom is 0.494 e. The largest absolute Gasteiger partial charge is 0.494 e. The van der Waals surface area contributed by atoms with Crippen LogP contribution < -0.4 is 5.46 Å². The van der Waals surface area contributed by atoms with E-state index in [0.717, 1.165) is 5.46 Å². The lowest BCUT2D eigenvalue weighted by Gasteiger charge is -2.32. The van der Waals surface area contributed by atoms with Gasteiger partial charge in [0.05, 0.1) is 17.8 Å². The van der Waals surface area contributed by atoms with Gasteiger partial charge < -0.3 is 14.0 Å². The number of fused-ring (bicyclic) bond motifs is 1. The van der Waals surface area contributed by atoms with Crippen molar-refractivity contribution in [2.24, 2.45) is 0 Å². The van der Waals surface area contributed by atoms with Gasteiger partial charge in [0.2, 0.25) is 0 Å². The monoisotopic (exact) mass is 296 g/mol. The molecule has 0 spiro atoms. The minimum atomic E-state index is -2.93. The molecule has 2 aliphatic heterocycles. The second kappa shape index (κ2) is 4.51. The van der Waals surface area contributed by atoms with E-state index < -0.39 is 30.8 Å². The Morgan fingerprint density at radius 3 is 2.29 bits per heavy atom. The number of rotatable bonds is 1. The number of benzene rings is 1. The Kier molecular flexibility index (Phi) is 3.21. The van der Waals surface area contributed by atoms with Gasteiger partial charge in [0.25, 0.3) is 5.92 Å². The molecule has 1 aromatic rings. The van der Waals surface area contributed by atoms with Crippen LogP contribution in [0.2, 0.25) is 0 Å². The van der Waals surface area contributed by atoms with E-state index in [2.05, 4.69) is 0 Å². The number of alkyl halides is 2. The summed E-state index contributed by atoms with van der Waals surface area (Å²) in [6.07, 6.45) is 0. The van der Waals surface area contributed by atoms with Crippen LogP contribution in [0.25, 0.3) is 0 Å². The van der Waals surface area contributed by atoms with E-state index in [1.165, 1.54) is 6.07 Å². The molecule has 114 valence electrons. The Balaban J connectivity index is 1.93. The summed E-state index contributed by atoms with van der Waals surface area (Å²) < 4.78 is 44.4. The van der Waals surface area contributed by atoms with Crippen LogP contribution in [-0.2, 0) is 26.6 Å². The first-order chi connectivity index (χ1) is 9.62. The standard InChI is InChI=1S/C15H19BF2O3/c1-13(2)14(3,4)21-16(20-13)11-5-6-12-10(7-11)8-19-9-15(12,17)18/h5-7H,8-9H2,1-4H3. The van der Waals surface area contributed by atoms with Crippen molar-refractivity contribution in [3.8, 4) is 0 Å². The molecule has 0 unspecified atom stereocenters. The van der Waals surface area contributed by atoms with Crippen molar-refractivity contribution in [1.82, 2.24) is 0 Å². The summed E-state index contributed by atoms with van der Waals surface area (Å²) in [6.45, 7) is 7.48. The molecule has 0 radical (unpaired) electrons. The van der Waals surface area contributed by atoms with Crippen molar-refractivity contribution < 1.29 is 22.8 Å². The third-order valence-electron chi connectivity index (χ3n) is 4.59. The summed E-state index contributed by atoms with van der Waals surface area (Å²) in [4.78, 5) is 0. The zero-order valence-electron chi connectivity index (χ0n) is 12.7. The van der Waals surface area contributed by atoms with Crippen LogP contribution in [-0.4, -0.2) is 24.9 Å². The van der Waals surface area contributed by atoms with Gasteiger partial charge in [0.1, 0.15) is 6.61 Å². The van der Waals surface area contributed by atoms with E-state index in [1.54, 1.807) is 12.1 Å². The predicted octanol–water partition coefficient (Wildman–Crippen LogP) is 2.61. The quantitative estimate of drug-likeness (QED) is 0.746. The molecule has 0 N–H and O–H groups in total. The lowest BCUT2D eigenvalue weighted by atomic mass is 9.77. The van der Waals surface area contributed by atoms with Gasteiger partial charge in [0.15, 0.2) is 0 Å². The predicted molar refractivity (Wildman–Crippen MR) is 75.7 cm³/mol. The fourth-order valence-electron chi connectivity index (χ4n) is 2.58. The molecule has 2 heterocycles. The first-order valence-corrected chi connectivity index (χ1v) is 7.07. The summed E-state index contributed by atoms with van der Waals surface area (Å²) in [5.41, 5.74) is 0.378. The molecule has 0 aliphatic carbocycles. The highest BCUT2D eigenvalue weighted by atomic mass is 19.3. The van der Waals surface area contributed by atoms with E-state index in [1.807, 2.05) is 27.7 Å². The lowest BCUT2D eigenvalue weighted by Crippen LogP contribution is -2.41. The molecule has 1 fully saturated rings. The average Bonchev–Trinajstić information content (AvgIpc) is 2.57. The fraction of sp³-hybridized carbons (Fsp3) is 0.600. The Labute approximate surface area is 123 Å². The molecular formula is C15H19BF2O3. The Bertz CT molecular complexity index is 556. The van der Waals surface area contributed by atoms with Gasteiger partial charge in [0, 0.05) is 5.56 Å². The maximum absolute atomic E-state index is 13.8. The highest BCUT2D eigenvalue weighted by molar-refractivity contribution is 6.62. The van der Waals surface area contributed by atoms with Crippen LogP contribution in [0.3, 0.4) is 0 Å². The normalized spacial score (nSPS) is 25.7. The minimum absolute atomic E-state index is 0.0361. The number of hydrogen-bond acceptors (Lipinski definition) is 3. The molecule has 0 aromatic heterocycles. The van der Waals surface area contributed by atoms with Gasteiger partial charge in [-0.15, -0.1) is 0 Å². The van der Waals surface area contributed by atoms with Gasteiger partial charge in [-0.2, -0.15) is 8.78 Å². The zero-order valence-corrected chi connectivity index (χ0v) is 12.7. The molecule has 3 rings (SSSR count). The fourth-order valence-corrected chi connectivity index (χ4v) is 2.58. The lowest BCUT2D eigenvalue weighted by molar-refractivity contribution is -0.103. The van der Waals surface area contributed by atoms with Gasteiger partial charge in [-0.1, -0.05) is 18.2 Å². The van der Waals surface area contributed by atoms with E-state index in [4.69, 9.17) is 14.0 Å². The molecule has 3 nitrogen and oxygen atoms in total. The summed E-state index contributed by atoms with van der Waals surface area (Å²) in [7, 11) is -0.546. The van der Waals surface area contributed by atoms with Gasteiger partial charge >= 0.3 is 7.12 Å². The number of halogens is 2. The summed E-state index contributed by atoms with van der Waals surface area (Å²) in [5.74, 6) is -2.93.